The maximum absolute atomic E-state index is 12.3. The zero-order valence-corrected chi connectivity index (χ0v) is 13.1. The molecule has 1 amide bonds. The van der Waals surface area contributed by atoms with Gasteiger partial charge >= 0.3 is 0 Å². The maximum Gasteiger partial charge on any atom is 0.267 e. The first-order valence-electron chi connectivity index (χ1n) is 6.04. The van der Waals surface area contributed by atoms with Crippen molar-refractivity contribution < 1.29 is 9.53 Å². The fourth-order valence-electron chi connectivity index (χ4n) is 1.76. The third-order valence-corrected chi connectivity index (χ3v) is 4.13. The van der Waals surface area contributed by atoms with Gasteiger partial charge < -0.3 is 10.1 Å². The number of ether oxygens (including phenoxy) is 1. The van der Waals surface area contributed by atoms with E-state index in [2.05, 4.69) is 10.3 Å². The molecule has 2 aromatic rings. The highest BCUT2D eigenvalue weighted by atomic mass is 35.5. The monoisotopic (exact) mass is 310 g/mol. The summed E-state index contributed by atoms with van der Waals surface area (Å²) >= 11 is 7.29. The van der Waals surface area contributed by atoms with Crippen LogP contribution >= 0.6 is 22.9 Å². The summed E-state index contributed by atoms with van der Waals surface area (Å²) in [6.07, 6.45) is 0. The van der Waals surface area contributed by atoms with Crippen molar-refractivity contribution in [2.75, 3.05) is 12.4 Å². The molecule has 0 aliphatic heterocycles. The number of aromatic nitrogens is 1. The number of thiazole rings is 1. The van der Waals surface area contributed by atoms with E-state index in [9.17, 15) is 4.79 Å². The predicted molar refractivity (Wildman–Crippen MR) is 81.7 cm³/mol. The van der Waals surface area contributed by atoms with Gasteiger partial charge in [0.05, 0.1) is 12.3 Å². The molecule has 0 unspecified atom stereocenters. The smallest absolute Gasteiger partial charge is 0.267 e. The lowest BCUT2D eigenvalue weighted by molar-refractivity contribution is 0.102. The molecule has 20 heavy (non-hydrogen) atoms. The summed E-state index contributed by atoms with van der Waals surface area (Å²) in [6, 6.07) is 5.40. The molecule has 1 N–H and O–H groups in total. The van der Waals surface area contributed by atoms with Crippen molar-refractivity contribution in [3.8, 4) is 0 Å². The fraction of sp³-hybridized carbons (Fsp3) is 0.286. The molecule has 1 aromatic carbocycles. The molecule has 0 bridgehead atoms. The Morgan fingerprint density at radius 3 is 2.90 bits per heavy atom. The molecular formula is C14H15ClN2O2S. The normalized spacial score (nSPS) is 10.6. The molecule has 4 nitrogen and oxygen atoms in total. The Bertz CT molecular complexity index is 640. The Balaban J connectivity index is 2.21. The van der Waals surface area contributed by atoms with Gasteiger partial charge in [0, 0.05) is 17.8 Å². The highest BCUT2D eigenvalue weighted by Crippen LogP contribution is 2.24. The SMILES string of the molecule is COCc1nc(C)c(C(=O)Nc2cc(Cl)ccc2C)s1. The molecule has 0 aliphatic carbocycles. The van der Waals surface area contributed by atoms with E-state index in [4.69, 9.17) is 16.3 Å². The van der Waals surface area contributed by atoms with Crippen LogP contribution in [0.15, 0.2) is 18.2 Å². The van der Waals surface area contributed by atoms with Crippen molar-refractivity contribution in [1.82, 2.24) is 4.98 Å². The highest BCUT2D eigenvalue weighted by Gasteiger charge is 2.16. The fourth-order valence-corrected chi connectivity index (χ4v) is 2.86. The number of carbonyl (C=O) groups excluding carboxylic acids is 1. The van der Waals surface area contributed by atoms with Crippen molar-refractivity contribution in [3.63, 3.8) is 0 Å². The van der Waals surface area contributed by atoms with Gasteiger partial charge in [0.25, 0.3) is 5.91 Å². The van der Waals surface area contributed by atoms with Crippen molar-refractivity contribution in [2.45, 2.75) is 20.5 Å². The molecule has 0 spiro atoms. The first-order valence-corrected chi connectivity index (χ1v) is 7.23. The second-order valence-corrected chi connectivity index (χ2v) is 5.89. The van der Waals surface area contributed by atoms with Crippen molar-refractivity contribution in [2.24, 2.45) is 0 Å². The molecule has 0 saturated carbocycles. The Labute approximate surface area is 126 Å². The van der Waals surface area contributed by atoms with Crippen LogP contribution in [0.1, 0.15) is 25.9 Å². The predicted octanol–water partition coefficient (Wildman–Crippen LogP) is 3.81. The van der Waals surface area contributed by atoms with E-state index >= 15 is 0 Å². The van der Waals surface area contributed by atoms with Gasteiger partial charge in [0.15, 0.2) is 0 Å². The van der Waals surface area contributed by atoms with E-state index in [1.54, 1.807) is 19.2 Å². The zero-order valence-electron chi connectivity index (χ0n) is 11.5. The van der Waals surface area contributed by atoms with Crippen LogP contribution in [0.4, 0.5) is 5.69 Å². The van der Waals surface area contributed by atoms with Crippen LogP contribution in [0.2, 0.25) is 5.02 Å². The Kier molecular flexibility index (Phi) is 4.75. The molecule has 0 aliphatic rings. The number of aryl methyl sites for hydroxylation is 2. The van der Waals surface area contributed by atoms with Crippen LogP contribution < -0.4 is 5.32 Å². The lowest BCUT2D eigenvalue weighted by atomic mass is 10.2. The molecule has 0 fully saturated rings. The number of amides is 1. The molecule has 6 heteroatoms. The lowest BCUT2D eigenvalue weighted by Gasteiger charge is -2.07. The molecule has 1 heterocycles. The molecule has 106 valence electrons. The van der Waals surface area contributed by atoms with Gasteiger partial charge in [-0.3, -0.25) is 4.79 Å². The van der Waals surface area contributed by atoms with Crippen LogP contribution in [0.5, 0.6) is 0 Å². The standard InChI is InChI=1S/C14H15ClN2O2S/c1-8-4-5-10(15)6-11(8)17-14(18)13-9(2)16-12(20-13)7-19-3/h4-6H,7H2,1-3H3,(H,17,18). The number of halogens is 1. The van der Waals surface area contributed by atoms with Crippen LogP contribution in [0.3, 0.4) is 0 Å². The molecule has 1 aromatic heterocycles. The minimum Gasteiger partial charge on any atom is -0.378 e. The first kappa shape index (κ1) is 15.0. The van der Waals surface area contributed by atoms with E-state index < -0.39 is 0 Å². The van der Waals surface area contributed by atoms with Gasteiger partial charge in [0.2, 0.25) is 0 Å². The molecular weight excluding hydrogens is 296 g/mol. The number of benzene rings is 1. The second kappa shape index (κ2) is 6.35. The van der Waals surface area contributed by atoms with Gasteiger partial charge in [-0.25, -0.2) is 4.98 Å². The van der Waals surface area contributed by atoms with Crippen molar-refractivity contribution in [3.05, 3.63) is 44.4 Å². The maximum atomic E-state index is 12.3. The number of rotatable bonds is 4. The summed E-state index contributed by atoms with van der Waals surface area (Å²) in [7, 11) is 1.60. The Hall–Kier alpha value is -1.43. The average molecular weight is 311 g/mol. The number of hydrogen-bond donors (Lipinski definition) is 1. The number of methoxy groups -OCH3 is 1. The average Bonchev–Trinajstić information content (AvgIpc) is 2.75. The minimum atomic E-state index is -0.173. The summed E-state index contributed by atoms with van der Waals surface area (Å²) in [5, 5.41) is 4.25. The number of carbonyl (C=O) groups is 1. The summed E-state index contributed by atoms with van der Waals surface area (Å²) in [6.45, 7) is 4.15. The van der Waals surface area contributed by atoms with E-state index in [-0.39, 0.29) is 5.91 Å². The van der Waals surface area contributed by atoms with Crippen molar-refractivity contribution in [1.29, 1.82) is 0 Å². The summed E-state index contributed by atoms with van der Waals surface area (Å²) in [5.41, 5.74) is 2.38. The van der Waals surface area contributed by atoms with Gasteiger partial charge in [-0.05, 0) is 31.5 Å². The quantitative estimate of drug-likeness (QED) is 0.934. The van der Waals surface area contributed by atoms with Crippen LogP contribution in [0.25, 0.3) is 0 Å². The number of hydrogen-bond acceptors (Lipinski definition) is 4. The summed E-state index contributed by atoms with van der Waals surface area (Å²) in [4.78, 5) is 17.2. The van der Waals surface area contributed by atoms with E-state index in [0.717, 1.165) is 10.6 Å². The van der Waals surface area contributed by atoms with Gasteiger partial charge in [-0.15, -0.1) is 11.3 Å². The van der Waals surface area contributed by atoms with Crippen LogP contribution in [0, 0.1) is 13.8 Å². The molecule has 0 radical (unpaired) electrons. The Morgan fingerprint density at radius 1 is 1.45 bits per heavy atom. The van der Waals surface area contributed by atoms with Gasteiger partial charge in [-0.1, -0.05) is 17.7 Å². The zero-order chi connectivity index (χ0) is 14.7. The van der Waals surface area contributed by atoms with Crippen LogP contribution in [-0.2, 0) is 11.3 Å². The highest BCUT2D eigenvalue weighted by molar-refractivity contribution is 7.13. The number of anilines is 1. The Morgan fingerprint density at radius 2 is 2.20 bits per heavy atom. The van der Waals surface area contributed by atoms with Gasteiger partial charge in [0.1, 0.15) is 9.88 Å². The minimum absolute atomic E-state index is 0.173. The van der Waals surface area contributed by atoms with Crippen LogP contribution in [-0.4, -0.2) is 18.0 Å². The number of nitrogens with one attached hydrogen (secondary N) is 1. The first-order chi connectivity index (χ1) is 9.51. The third kappa shape index (κ3) is 3.36. The van der Waals surface area contributed by atoms with Crippen molar-refractivity contribution >= 4 is 34.5 Å². The molecule has 0 atom stereocenters. The second-order valence-electron chi connectivity index (χ2n) is 4.37. The summed E-state index contributed by atoms with van der Waals surface area (Å²) in [5.74, 6) is -0.173. The summed E-state index contributed by atoms with van der Waals surface area (Å²) < 4.78 is 5.03. The van der Waals surface area contributed by atoms with E-state index in [1.807, 2.05) is 19.9 Å². The van der Waals surface area contributed by atoms with Gasteiger partial charge in [-0.2, -0.15) is 0 Å². The molecule has 2 rings (SSSR count). The largest absolute Gasteiger partial charge is 0.378 e. The number of nitrogens with zero attached hydrogens (tertiary/aromatic N) is 1. The topological polar surface area (TPSA) is 51.2 Å². The van der Waals surface area contributed by atoms with E-state index in [0.29, 0.717) is 27.9 Å². The lowest BCUT2D eigenvalue weighted by Crippen LogP contribution is -2.12. The molecule has 0 saturated heterocycles. The third-order valence-electron chi connectivity index (χ3n) is 2.76. The van der Waals surface area contributed by atoms with E-state index in [1.165, 1.54) is 11.3 Å².